The van der Waals surface area contributed by atoms with Crippen LogP contribution in [-0.2, 0) is 9.84 Å². The van der Waals surface area contributed by atoms with E-state index in [1.807, 2.05) is 0 Å². The van der Waals surface area contributed by atoms with Gasteiger partial charge in [0.2, 0.25) is 0 Å². The van der Waals surface area contributed by atoms with Gasteiger partial charge in [-0.3, -0.25) is 9.69 Å². The van der Waals surface area contributed by atoms with Crippen LogP contribution in [-0.4, -0.2) is 97.2 Å². The molecule has 4 heterocycles. The summed E-state index contributed by atoms with van der Waals surface area (Å²) in [5.41, 5.74) is 6.67. The summed E-state index contributed by atoms with van der Waals surface area (Å²) in [6.07, 6.45) is 18.8. The normalized spacial score (nSPS) is 32.5. The van der Waals surface area contributed by atoms with Crippen LogP contribution in [0.1, 0.15) is 138 Å². The van der Waals surface area contributed by atoms with Gasteiger partial charge in [0, 0.05) is 25.4 Å². The lowest BCUT2D eigenvalue weighted by atomic mass is 9.80. The van der Waals surface area contributed by atoms with Crippen molar-refractivity contribution in [2.75, 3.05) is 43.5 Å². The van der Waals surface area contributed by atoms with E-state index >= 15 is 8.78 Å². The second kappa shape index (κ2) is 17.2. The third-order valence-electron chi connectivity index (χ3n) is 12.8. The van der Waals surface area contributed by atoms with Gasteiger partial charge in [0.25, 0.3) is 5.91 Å². The number of fused-ring (bicyclic) bond motifs is 1. The molecule has 5 aliphatic rings. The largest absolute Gasteiger partial charge is 0.381 e. The number of likely N-dealkylation sites (tertiary alicyclic amines) is 1. The van der Waals surface area contributed by atoms with E-state index in [1.54, 1.807) is 4.68 Å². The number of halogens is 2. The average molecular weight is 724 g/mol. The molecule has 5 N–H and O–H groups in total. The molecule has 3 aliphatic heterocycles. The zero-order valence-corrected chi connectivity index (χ0v) is 31.1. The van der Waals surface area contributed by atoms with Gasteiger partial charge in [-0.25, -0.2) is 21.9 Å². The summed E-state index contributed by atoms with van der Waals surface area (Å²) < 4.78 is 59.2. The second-order valence-electron chi connectivity index (χ2n) is 16.2. The molecule has 2 aliphatic carbocycles. The molecule has 0 radical (unpaired) electrons. The van der Waals surface area contributed by atoms with Gasteiger partial charge in [-0.15, -0.1) is 0 Å². The number of amides is 1. The predicted molar refractivity (Wildman–Crippen MR) is 196 cm³/mol. The summed E-state index contributed by atoms with van der Waals surface area (Å²) in [6, 6.07) is -1.99. The smallest absolute Gasteiger partial charge is 0.259 e. The zero-order valence-electron chi connectivity index (χ0n) is 30.3. The monoisotopic (exact) mass is 723 g/mol. The summed E-state index contributed by atoms with van der Waals surface area (Å²) >= 11 is 0. The van der Waals surface area contributed by atoms with Crippen molar-refractivity contribution in [3.63, 3.8) is 0 Å². The van der Waals surface area contributed by atoms with Crippen molar-refractivity contribution in [1.82, 2.24) is 25.3 Å². The molecule has 0 spiro atoms. The number of hydrogen-bond acceptors (Lipinski definition) is 8. The van der Waals surface area contributed by atoms with E-state index in [9.17, 15) is 13.2 Å². The molecular weight excluding hydrogens is 661 g/mol. The summed E-state index contributed by atoms with van der Waals surface area (Å²) in [6.45, 7) is 1.41. The van der Waals surface area contributed by atoms with E-state index in [0.717, 1.165) is 64.2 Å². The van der Waals surface area contributed by atoms with E-state index < -0.39 is 51.5 Å². The number of alkyl halides is 2. The topological polar surface area (TPSA) is 134 Å². The maximum absolute atomic E-state index is 17.1. The molecule has 1 aromatic heterocycles. The molecule has 6 unspecified atom stereocenters. The fourth-order valence-electron chi connectivity index (χ4n) is 10.0. The van der Waals surface area contributed by atoms with E-state index in [4.69, 9.17) is 5.73 Å². The van der Waals surface area contributed by atoms with E-state index in [0.29, 0.717) is 38.3 Å². The van der Waals surface area contributed by atoms with Crippen LogP contribution in [0.5, 0.6) is 0 Å². The summed E-state index contributed by atoms with van der Waals surface area (Å²) in [4.78, 5) is 16.3. The van der Waals surface area contributed by atoms with Gasteiger partial charge in [-0.05, 0) is 63.5 Å². The first-order chi connectivity index (χ1) is 24.1. The Morgan fingerprint density at radius 3 is 1.90 bits per heavy atom. The standard InChI is InChI=1S/C37H63F2N7O3S/c1-50(48,49)27-19-21-45(22-20-27)34-29(24-41-32(31(34)39)25-15-11-7-5-6-8-12-16-25)43-37(47)30-35(40)44-46-33(28(38)23-42-36(30)46)26-17-13-9-3-2-4-10-14-18-26/h25-29,31-34,41-42H,2-24H2,1H3,(H2,40,44)(H,43,47). The molecular formula is C37H63F2N7O3S. The first kappa shape index (κ1) is 37.8. The maximum atomic E-state index is 17.1. The van der Waals surface area contributed by atoms with Crippen LogP contribution in [0.2, 0.25) is 0 Å². The van der Waals surface area contributed by atoms with Crippen molar-refractivity contribution in [3.05, 3.63) is 5.56 Å². The Balaban J connectivity index is 1.23. The van der Waals surface area contributed by atoms with Crippen LogP contribution in [0.3, 0.4) is 0 Å². The molecule has 6 rings (SSSR count). The van der Waals surface area contributed by atoms with Crippen LogP contribution in [0.25, 0.3) is 0 Å². The number of carbonyl (C=O) groups excluding carboxylic acids is 1. The van der Waals surface area contributed by atoms with Crippen LogP contribution >= 0.6 is 0 Å². The lowest BCUT2D eigenvalue weighted by Crippen LogP contribution is -2.70. The number of carbonyl (C=O) groups is 1. The first-order valence-electron chi connectivity index (χ1n) is 20.0. The van der Waals surface area contributed by atoms with Crippen molar-refractivity contribution in [2.45, 2.75) is 164 Å². The Kier molecular flexibility index (Phi) is 13.0. The molecule has 13 heteroatoms. The molecule has 0 aromatic carbocycles. The number of rotatable bonds is 6. The predicted octanol–water partition coefficient (Wildman–Crippen LogP) is 5.95. The van der Waals surface area contributed by atoms with E-state index in [2.05, 4.69) is 25.9 Å². The number of nitrogens with two attached hydrogens (primary N) is 1. The number of anilines is 2. The van der Waals surface area contributed by atoms with Crippen molar-refractivity contribution in [1.29, 1.82) is 0 Å². The summed E-state index contributed by atoms with van der Waals surface area (Å²) in [5.74, 6) is 0.395. The fourth-order valence-corrected chi connectivity index (χ4v) is 11.1. The molecule has 4 fully saturated rings. The van der Waals surface area contributed by atoms with Crippen LogP contribution < -0.4 is 21.7 Å². The highest BCUT2D eigenvalue weighted by Gasteiger charge is 2.48. The minimum Gasteiger partial charge on any atom is -0.381 e. The van der Waals surface area contributed by atoms with Gasteiger partial charge >= 0.3 is 0 Å². The minimum absolute atomic E-state index is 0.0542. The lowest BCUT2D eigenvalue weighted by molar-refractivity contribution is 0.00647. The zero-order chi connectivity index (χ0) is 35.3. The molecule has 1 aromatic rings. The molecule has 6 atom stereocenters. The van der Waals surface area contributed by atoms with Crippen molar-refractivity contribution >= 4 is 27.4 Å². The van der Waals surface area contributed by atoms with Crippen LogP contribution in [0.15, 0.2) is 0 Å². The third kappa shape index (κ3) is 8.78. The first-order valence-corrected chi connectivity index (χ1v) is 22.0. The van der Waals surface area contributed by atoms with Gasteiger partial charge in [0.1, 0.15) is 33.6 Å². The third-order valence-corrected chi connectivity index (χ3v) is 14.5. The Hall–Kier alpha value is -1.99. The molecule has 1 amide bonds. The molecule has 0 bridgehead atoms. The van der Waals surface area contributed by atoms with Crippen molar-refractivity contribution in [2.24, 2.45) is 11.8 Å². The number of sulfone groups is 1. The number of aromatic nitrogens is 2. The Morgan fingerprint density at radius 1 is 0.800 bits per heavy atom. The number of hydrogen-bond donors (Lipinski definition) is 4. The fraction of sp³-hybridized carbons (Fsp3) is 0.892. The van der Waals surface area contributed by atoms with Crippen molar-refractivity contribution in [3.8, 4) is 0 Å². The van der Waals surface area contributed by atoms with Gasteiger partial charge in [0.15, 0.2) is 5.82 Å². The SMILES string of the molecule is CS(=O)(=O)C1CCN(C2C(NC(=O)c3c(N)nn4c3NCC(F)C4C3CCCCCCCCC3)CNC(C3CCCCCCCC3)C2F)CC1. The average Bonchev–Trinajstić information content (AvgIpc) is 3.49. The Morgan fingerprint density at radius 2 is 1.34 bits per heavy atom. The number of piperidine rings is 2. The second-order valence-corrected chi connectivity index (χ2v) is 18.6. The van der Waals surface area contributed by atoms with Crippen molar-refractivity contribution < 1.29 is 22.0 Å². The molecule has 50 heavy (non-hydrogen) atoms. The molecule has 2 saturated carbocycles. The minimum atomic E-state index is -3.19. The van der Waals surface area contributed by atoms with Gasteiger partial charge < -0.3 is 21.7 Å². The summed E-state index contributed by atoms with van der Waals surface area (Å²) in [5, 5.41) is 14.0. The summed E-state index contributed by atoms with van der Waals surface area (Å²) in [7, 11) is -3.19. The number of nitrogens with zero attached hydrogens (tertiary/aromatic N) is 3. The highest BCUT2D eigenvalue weighted by molar-refractivity contribution is 7.91. The van der Waals surface area contributed by atoms with E-state index in [-0.39, 0.29) is 35.8 Å². The molecule has 2 saturated heterocycles. The van der Waals surface area contributed by atoms with Crippen LogP contribution in [0, 0.1) is 11.8 Å². The Labute approximate surface area is 298 Å². The number of nitrogen functional groups attached to an aromatic ring is 1. The van der Waals surface area contributed by atoms with Crippen LogP contribution in [0.4, 0.5) is 20.4 Å². The molecule has 10 nitrogen and oxygen atoms in total. The quantitative estimate of drug-likeness (QED) is 0.283. The van der Waals surface area contributed by atoms with Gasteiger partial charge in [-0.2, -0.15) is 5.10 Å². The number of nitrogens with one attached hydrogen (secondary N) is 3. The molecule has 284 valence electrons. The highest BCUT2D eigenvalue weighted by Crippen LogP contribution is 2.41. The Bertz CT molecular complexity index is 1350. The van der Waals surface area contributed by atoms with Gasteiger partial charge in [-0.1, -0.05) is 83.5 Å². The maximum Gasteiger partial charge on any atom is 0.259 e. The van der Waals surface area contributed by atoms with Gasteiger partial charge in [0.05, 0.1) is 23.4 Å². The lowest BCUT2D eigenvalue weighted by Gasteiger charge is -2.49. The van der Waals surface area contributed by atoms with E-state index in [1.165, 1.54) is 51.2 Å². The highest BCUT2D eigenvalue weighted by atomic mass is 32.2.